The van der Waals surface area contributed by atoms with Crippen LogP contribution in [0.25, 0.3) is 0 Å². The number of methoxy groups -OCH3 is 1. The Bertz CT molecular complexity index is 725. The summed E-state index contributed by atoms with van der Waals surface area (Å²) in [4.78, 5) is 16.1. The molecule has 0 spiro atoms. The highest BCUT2D eigenvalue weighted by molar-refractivity contribution is 5.77. The molecule has 150 valence electrons. The fraction of sp³-hybridized carbons (Fsp3) is 0.435. The van der Waals surface area contributed by atoms with E-state index in [9.17, 15) is 4.79 Å². The van der Waals surface area contributed by atoms with E-state index in [0.717, 1.165) is 44.8 Å². The van der Waals surface area contributed by atoms with Crippen LogP contribution in [0, 0.1) is 0 Å². The van der Waals surface area contributed by atoms with Crippen LogP contribution in [0.2, 0.25) is 0 Å². The van der Waals surface area contributed by atoms with Crippen molar-refractivity contribution in [1.29, 1.82) is 0 Å². The van der Waals surface area contributed by atoms with Crippen LogP contribution >= 0.6 is 0 Å². The van der Waals surface area contributed by atoms with Crippen molar-refractivity contribution in [3.8, 4) is 5.75 Å². The highest BCUT2D eigenvalue weighted by Gasteiger charge is 2.22. The van der Waals surface area contributed by atoms with Gasteiger partial charge in [-0.05, 0) is 49.6 Å². The van der Waals surface area contributed by atoms with Crippen molar-refractivity contribution in [2.24, 2.45) is 0 Å². The number of carbonyl (C=O) groups excluding carboxylic acids is 1. The normalized spacial score (nSPS) is 15.9. The minimum atomic E-state index is 0.161. The molecule has 2 N–H and O–H groups in total. The number of hydrogen-bond donors (Lipinski definition) is 2. The molecule has 1 saturated heterocycles. The maximum Gasteiger partial charge on any atom is 0.275 e. The molecule has 0 aliphatic carbocycles. The van der Waals surface area contributed by atoms with Crippen LogP contribution in [0.3, 0.4) is 0 Å². The number of hydrogen-bond acceptors (Lipinski definition) is 3. The van der Waals surface area contributed by atoms with Crippen LogP contribution in [0.4, 0.5) is 5.69 Å². The Balaban J connectivity index is 1.37. The van der Waals surface area contributed by atoms with Crippen molar-refractivity contribution < 1.29 is 14.4 Å². The van der Waals surface area contributed by atoms with Gasteiger partial charge in [0.2, 0.25) is 0 Å². The van der Waals surface area contributed by atoms with E-state index in [2.05, 4.69) is 53.5 Å². The number of quaternary nitrogens is 1. The number of rotatable bonds is 8. The molecular weight excluding hydrogens is 350 g/mol. The Kier molecular flexibility index (Phi) is 7.31. The molecule has 28 heavy (non-hydrogen) atoms. The fourth-order valence-electron chi connectivity index (χ4n) is 3.70. The molecule has 5 nitrogen and oxygen atoms in total. The van der Waals surface area contributed by atoms with Gasteiger partial charge < -0.3 is 19.9 Å². The number of aryl methyl sites for hydroxylation is 1. The molecule has 1 heterocycles. The first-order valence-corrected chi connectivity index (χ1v) is 10.2. The van der Waals surface area contributed by atoms with Gasteiger partial charge in [0, 0.05) is 11.7 Å². The molecule has 1 aliphatic heterocycles. The van der Waals surface area contributed by atoms with Crippen molar-refractivity contribution in [2.75, 3.05) is 44.7 Å². The first-order valence-electron chi connectivity index (χ1n) is 10.2. The summed E-state index contributed by atoms with van der Waals surface area (Å²) in [5.41, 5.74) is 2.54. The molecule has 5 heteroatoms. The summed E-state index contributed by atoms with van der Waals surface area (Å²) in [6.45, 7) is 6.57. The molecular formula is C23H32N3O2+. The lowest BCUT2D eigenvalue weighted by molar-refractivity contribution is -0.892. The Morgan fingerprint density at radius 3 is 2.43 bits per heavy atom. The van der Waals surface area contributed by atoms with Crippen LogP contribution in [-0.4, -0.2) is 51.8 Å². The van der Waals surface area contributed by atoms with Gasteiger partial charge in [0.25, 0.3) is 5.91 Å². The topological polar surface area (TPSA) is 46.0 Å². The average molecular weight is 383 g/mol. The zero-order valence-electron chi connectivity index (χ0n) is 17.0. The molecule has 3 rings (SSSR count). The van der Waals surface area contributed by atoms with E-state index in [1.165, 1.54) is 16.2 Å². The van der Waals surface area contributed by atoms with Crippen LogP contribution in [0.15, 0.2) is 54.6 Å². The Labute approximate surface area is 168 Å². The number of amides is 1. The van der Waals surface area contributed by atoms with E-state index in [4.69, 9.17) is 4.74 Å². The van der Waals surface area contributed by atoms with Crippen molar-refractivity contribution in [2.45, 2.75) is 25.8 Å². The Morgan fingerprint density at radius 1 is 1.11 bits per heavy atom. The van der Waals surface area contributed by atoms with Crippen molar-refractivity contribution in [1.82, 2.24) is 5.32 Å². The summed E-state index contributed by atoms with van der Waals surface area (Å²) in [5, 5.41) is 3.17. The number of nitrogens with zero attached hydrogens (tertiary/aromatic N) is 1. The van der Waals surface area contributed by atoms with E-state index < -0.39 is 0 Å². The standard InChI is InChI=1S/C23H31N3O2/c1-19(8-9-20-6-4-3-5-7-20)24-23(27)18-25-14-16-26(17-15-25)21-10-12-22(28-2)13-11-21/h3-7,10-13,19H,8-9,14-18H2,1-2H3,(H,24,27)/p+1/t19-/m0/s1. The number of ether oxygens (including phenoxy) is 1. The summed E-state index contributed by atoms with van der Waals surface area (Å²) < 4.78 is 5.22. The molecule has 0 radical (unpaired) electrons. The van der Waals surface area contributed by atoms with Crippen LogP contribution in [-0.2, 0) is 11.2 Å². The maximum absolute atomic E-state index is 12.4. The van der Waals surface area contributed by atoms with Gasteiger partial charge >= 0.3 is 0 Å². The zero-order chi connectivity index (χ0) is 19.8. The third-order valence-corrected chi connectivity index (χ3v) is 5.43. The number of anilines is 1. The van der Waals surface area contributed by atoms with E-state index in [-0.39, 0.29) is 11.9 Å². The summed E-state index contributed by atoms with van der Waals surface area (Å²) in [7, 11) is 1.69. The second-order valence-corrected chi connectivity index (χ2v) is 7.60. The summed E-state index contributed by atoms with van der Waals surface area (Å²) in [6, 6.07) is 18.8. The zero-order valence-corrected chi connectivity index (χ0v) is 17.0. The smallest absolute Gasteiger partial charge is 0.275 e. The Hall–Kier alpha value is -2.53. The maximum atomic E-state index is 12.4. The molecule has 1 fully saturated rings. The SMILES string of the molecule is COc1ccc(N2CC[NH+](CC(=O)N[C@@H](C)CCc3ccccc3)CC2)cc1. The molecule has 2 aromatic carbocycles. The minimum absolute atomic E-state index is 0.161. The lowest BCUT2D eigenvalue weighted by Gasteiger charge is -2.33. The van der Waals surface area contributed by atoms with E-state index in [0.29, 0.717) is 6.54 Å². The second-order valence-electron chi connectivity index (χ2n) is 7.60. The van der Waals surface area contributed by atoms with Crippen molar-refractivity contribution in [3.63, 3.8) is 0 Å². The average Bonchev–Trinajstić information content (AvgIpc) is 2.73. The first kappa shape index (κ1) is 20.2. The van der Waals surface area contributed by atoms with Gasteiger partial charge in [0.1, 0.15) is 5.75 Å². The molecule has 1 atom stereocenters. The monoisotopic (exact) mass is 382 g/mol. The van der Waals surface area contributed by atoms with E-state index in [1.54, 1.807) is 7.11 Å². The Morgan fingerprint density at radius 2 is 1.79 bits per heavy atom. The van der Waals surface area contributed by atoms with Crippen LogP contribution in [0.1, 0.15) is 18.9 Å². The third-order valence-electron chi connectivity index (χ3n) is 5.43. The van der Waals surface area contributed by atoms with E-state index in [1.807, 2.05) is 18.2 Å². The number of piperazine rings is 1. The lowest BCUT2D eigenvalue weighted by Crippen LogP contribution is -3.16. The van der Waals surface area contributed by atoms with Crippen molar-refractivity contribution in [3.05, 3.63) is 60.2 Å². The molecule has 2 aromatic rings. The van der Waals surface area contributed by atoms with Gasteiger partial charge in [-0.25, -0.2) is 0 Å². The molecule has 0 unspecified atom stereocenters. The molecule has 1 aliphatic rings. The predicted octanol–water partition coefficient (Wildman–Crippen LogP) is 1.54. The highest BCUT2D eigenvalue weighted by Crippen LogP contribution is 2.18. The van der Waals surface area contributed by atoms with Gasteiger partial charge in [-0.3, -0.25) is 4.79 Å². The second kappa shape index (κ2) is 10.1. The van der Waals surface area contributed by atoms with Crippen molar-refractivity contribution >= 4 is 11.6 Å². The predicted molar refractivity (Wildman–Crippen MR) is 113 cm³/mol. The number of carbonyl (C=O) groups is 1. The number of benzene rings is 2. The number of nitrogens with one attached hydrogen (secondary N) is 2. The molecule has 0 aromatic heterocycles. The highest BCUT2D eigenvalue weighted by atomic mass is 16.5. The largest absolute Gasteiger partial charge is 0.497 e. The summed E-state index contributed by atoms with van der Waals surface area (Å²) >= 11 is 0. The molecule has 1 amide bonds. The van der Waals surface area contributed by atoms with E-state index >= 15 is 0 Å². The fourth-order valence-corrected chi connectivity index (χ4v) is 3.70. The minimum Gasteiger partial charge on any atom is -0.497 e. The first-order chi connectivity index (χ1) is 13.6. The molecule has 0 bridgehead atoms. The third kappa shape index (κ3) is 5.99. The lowest BCUT2D eigenvalue weighted by atomic mass is 10.1. The van der Waals surface area contributed by atoms with Gasteiger partial charge in [-0.2, -0.15) is 0 Å². The van der Waals surface area contributed by atoms with Crippen LogP contribution in [0.5, 0.6) is 5.75 Å². The molecule has 0 saturated carbocycles. The quantitative estimate of drug-likeness (QED) is 0.728. The van der Waals surface area contributed by atoms with Gasteiger partial charge in [-0.15, -0.1) is 0 Å². The summed E-state index contributed by atoms with van der Waals surface area (Å²) in [5.74, 6) is 1.04. The summed E-state index contributed by atoms with van der Waals surface area (Å²) in [6.07, 6.45) is 1.96. The van der Waals surface area contributed by atoms with Crippen LogP contribution < -0.4 is 19.9 Å². The van der Waals surface area contributed by atoms with Gasteiger partial charge in [0.05, 0.1) is 33.3 Å². The van der Waals surface area contributed by atoms with Gasteiger partial charge in [-0.1, -0.05) is 30.3 Å². The van der Waals surface area contributed by atoms with Gasteiger partial charge in [0.15, 0.2) is 6.54 Å².